The van der Waals surface area contributed by atoms with Crippen LogP contribution in [-0.4, -0.2) is 54.3 Å². The van der Waals surface area contributed by atoms with Crippen LogP contribution in [0.2, 0.25) is 5.02 Å². The number of urea groups is 1. The Morgan fingerprint density at radius 1 is 1.21 bits per heavy atom. The van der Waals surface area contributed by atoms with Crippen LogP contribution < -0.4 is 15.5 Å². The quantitative estimate of drug-likeness (QED) is 0.645. The molecule has 2 aromatic rings. The van der Waals surface area contributed by atoms with E-state index in [9.17, 15) is 27.6 Å². The number of nitrogens with zero attached hydrogens (tertiary/aromatic N) is 2. The third-order valence-electron chi connectivity index (χ3n) is 5.87. The van der Waals surface area contributed by atoms with Gasteiger partial charge in [0.1, 0.15) is 17.9 Å². The molecule has 1 aliphatic heterocycles. The number of hydrogen-bond donors (Lipinski definition) is 2. The lowest BCUT2D eigenvalue weighted by atomic mass is 9.87. The Hall–Kier alpha value is -3.27. The molecule has 2 aliphatic rings. The number of alkyl halides is 2. The number of halogens is 4. The highest BCUT2D eigenvalue weighted by Gasteiger charge is 2.48. The fraction of sp³-hybridized carbons (Fsp3) is 0.348. The first-order valence-electron chi connectivity index (χ1n) is 10.6. The largest absolute Gasteiger partial charge is 0.351 e. The monoisotopic (exact) mass is 494 g/mol. The molecule has 2 aromatic carbocycles. The van der Waals surface area contributed by atoms with Crippen molar-refractivity contribution in [2.24, 2.45) is 0 Å². The van der Waals surface area contributed by atoms with Crippen LogP contribution in [0.5, 0.6) is 0 Å². The van der Waals surface area contributed by atoms with Crippen molar-refractivity contribution in [3.8, 4) is 0 Å². The molecule has 34 heavy (non-hydrogen) atoms. The van der Waals surface area contributed by atoms with E-state index in [1.807, 2.05) is 0 Å². The van der Waals surface area contributed by atoms with Gasteiger partial charge in [-0.25, -0.2) is 18.0 Å². The summed E-state index contributed by atoms with van der Waals surface area (Å²) >= 11 is 6.38. The highest BCUT2D eigenvalue weighted by atomic mass is 35.5. The number of rotatable bonds is 6. The predicted octanol–water partition coefficient (Wildman–Crippen LogP) is 3.49. The summed E-state index contributed by atoms with van der Waals surface area (Å²) in [5.41, 5.74) is 0.274. The lowest BCUT2D eigenvalue weighted by Gasteiger charge is -2.38. The summed E-state index contributed by atoms with van der Waals surface area (Å²) in [6.45, 7) is 0.0230. The van der Waals surface area contributed by atoms with Crippen molar-refractivity contribution in [2.45, 2.75) is 36.9 Å². The van der Waals surface area contributed by atoms with Gasteiger partial charge in [-0.15, -0.1) is 0 Å². The van der Waals surface area contributed by atoms with Crippen molar-refractivity contribution in [3.63, 3.8) is 0 Å². The first-order valence-corrected chi connectivity index (χ1v) is 11.0. The zero-order valence-electron chi connectivity index (χ0n) is 18.1. The maximum atomic E-state index is 14.2. The van der Waals surface area contributed by atoms with Gasteiger partial charge in [-0.1, -0.05) is 35.9 Å². The lowest BCUT2D eigenvalue weighted by Crippen LogP contribution is -2.56. The second-order valence-corrected chi connectivity index (χ2v) is 8.87. The molecule has 0 radical (unpaired) electrons. The normalized spacial score (nSPS) is 20.3. The first-order chi connectivity index (χ1) is 16.1. The Bertz CT molecular complexity index is 1120. The molecule has 2 fully saturated rings. The minimum atomic E-state index is -2.87. The molecule has 1 unspecified atom stereocenters. The van der Waals surface area contributed by atoms with E-state index in [0.717, 1.165) is 11.0 Å². The molecule has 0 spiro atoms. The van der Waals surface area contributed by atoms with E-state index in [0.29, 0.717) is 0 Å². The van der Waals surface area contributed by atoms with Crippen molar-refractivity contribution >= 4 is 35.1 Å². The molecule has 1 saturated heterocycles. The van der Waals surface area contributed by atoms with Crippen molar-refractivity contribution < 1.29 is 27.6 Å². The summed E-state index contributed by atoms with van der Waals surface area (Å²) in [5, 5.41) is 5.26. The van der Waals surface area contributed by atoms with Crippen molar-refractivity contribution in [1.82, 2.24) is 15.5 Å². The third-order valence-corrected chi connectivity index (χ3v) is 6.21. The van der Waals surface area contributed by atoms with Crippen LogP contribution in [0.15, 0.2) is 48.5 Å². The average Bonchev–Trinajstić information content (AvgIpc) is 3.09. The predicted molar refractivity (Wildman–Crippen MR) is 119 cm³/mol. The molecule has 7 nitrogen and oxygen atoms in total. The molecule has 1 aliphatic carbocycles. The molecular formula is C23H22ClF3N4O3. The van der Waals surface area contributed by atoms with E-state index >= 15 is 0 Å². The minimum absolute atomic E-state index is 0.0230. The van der Waals surface area contributed by atoms with E-state index in [1.165, 1.54) is 42.3 Å². The van der Waals surface area contributed by atoms with Gasteiger partial charge in [0.2, 0.25) is 5.91 Å². The standard InChI is InChI=1S/C23H22ClF3N4O3/c1-30-12-18(29-22(30)34)21(33)31(15-6-4-5-13(25)9-15)19(16-7-2-3-8-17(16)24)20(32)28-14-10-23(26,27)11-14/h2-9,14,18-19H,10-12H2,1H3,(H,28,32)(H,29,34)/t18-,19?/m0/s1. The number of nitrogens with one attached hydrogen (secondary N) is 2. The fourth-order valence-corrected chi connectivity index (χ4v) is 4.38. The third kappa shape index (κ3) is 4.82. The van der Waals surface area contributed by atoms with E-state index in [1.54, 1.807) is 12.1 Å². The van der Waals surface area contributed by atoms with Crippen molar-refractivity contribution in [3.05, 3.63) is 64.9 Å². The van der Waals surface area contributed by atoms with Crippen LogP contribution in [0.3, 0.4) is 0 Å². The molecule has 180 valence electrons. The Morgan fingerprint density at radius 2 is 1.91 bits per heavy atom. The summed E-state index contributed by atoms with van der Waals surface area (Å²) in [4.78, 5) is 41.5. The van der Waals surface area contributed by atoms with Crippen molar-refractivity contribution in [2.75, 3.05) is 18.5 Å². The van der Waals surface area contributed by atoms with Gasteiger partial charge in [0.25, 0.3) is 11.8 Å². The Morgan fingerprint density at radius 3 is 2.50 bits per heavy atom. The number of anilines is 1. The molecule has 1 heterocycles. The van der Waals surface area contributed by atoms with Crippen LogP contribution in [0.1, 0.15) is 24.4 Å². The van der Waals surface area contributed by atoms with Gasteiger partial charge < -0.3 is 15.5 Å². The molecule has 11 heteroatoms. The minimum Gasteiger partial charge on any atom is -0.351 e. The van der Waals surface area contributed by atoms with Crippen LogP contribution >= 0.6 is 11.6 Å². The maximum Gasteiger partial charge on any atom is 0.317 e. The number of likely N-dealkylation sites (N-methyl/N-ethyl adjacent to an activating group) is 1. The molecule has 4 rings (SSSR count). The Balaban J connectivity index is 1.77. The number of hydrogen-bond acceptors (Lipinski definition) is 3. The molecule has 4 amide bonds. The fourth-order valence-electron chi connectivity index (χ4n) is 4.14. The Kier molecular flexibility index (Phi) is 6.44. The van der Waals surface area contributed by atoms with Crippen LogP contribution in [0.25, 0.3) is 0 Å². The maximum absolute atomic E-state index is 14.2. The molecule has 2 N–H and O–H groups in total. The number of benzene rings is 2. The van der Waals surface area contributed by atoms with Gasteiger partial charge >= 0.3 is 6.03 Å². The molecular weight excluding hydrogens is 473 g/mol. The van der Waals surface area contributed by atoms with E-state index in [-0.39, 0.29) is 22.8 Å². The van der Waals surface area contributed by atoms with Crippen LogP contribution in [0, 0.1) is 5.82 Å². The highest BCUT2D eigenvalue weighted by Crippen LogP contribution is 2.39. The van der Waals surface area contributed by atoms with E-state index < -0.39 is 60.6 Å². The zero-order valence-corrected chi connectivity index (χ0v) is 18.9. The Labute approximate surface area is 198 Å². The van der Waals surface area contributed by atoms with Crippen LogP contribution in [-0.2, 0) is 9.59 Å². The number of carbonyl (C=O) groups excluding carboxylic acids is 3. The van der Waals surface area contributed by atoms with Crippen LogP contribution in [0.4, 0.5) is 23.7 Å². The lowest BCUT2D eigenvalue weighted by molar-refractivity contribution is -0.133. The van der Waals surface area contributed by atoms with Gasteiger partial charge in [-0.3, -0.25) is 14.5 Å². The summed E-state index contributed by atoms with van der Waals surface area (Å²) in [7, 11) is 1.50. The summed E-state index contributed by atoms with van der Waals surface area (Å²) in [6, 6.07) is 7.68. The first kappa shape index (κ1) is 23.9. The van der Waals surface area contributed by atoms with Gasteiger partial charge in [-0.05, 0) is 24.3 Å². The molecule has 0 aromatic heterocycles. The average molecular weight is 495 g/mol. The summed E-state index contributed by atoms with van der Waals surface area (Å²) < 4.78 is 40.9. The zero-order chi connectivity index (χ0) is 24.6. The van der Waals surface area contributed by atoms with E-state index in [2.05, 4.69) is 10.6 Å². The van der Waals surface area contributed by atoms with Gasteiger partial charge in [0.05, 0.1) is 6.54 Å². The van der Waals surface area contributed by atoms with Gasteiger partial charge in [-0.2, -0.15) is 0 Å². The SMILES string of the molecule is CN1C[C@@H](C(=O)N(c2cccc(F)c2)C(C(=O)NC2CC(F)(F)C2)c2ccccc2Cl)NC1=O. The smallest absolute Gasteiger partial charge is 0.317 e. The highest BCUT2D eigenvalue weighted by molar-refractivity contribution is 6.31. The summed E-state index contributed by atoms with van der Waals surface area (Å²) in [6.07, 6.45) is -1.04. The molecule has 2 atom stereocenters. The topological polar surface area (TPSA) is 81.8 Å². The van der Waals surface area contributed by atoms with Gasteiger partial charge in [0.15, 0.2) is 0 Å². The number of carbonyl (C=O) groups is 3. The molecule has 1 saturated carbocycles. The second kappa shape index (κ2) is 9.17. The van der Waals surface area contributed by atoms with E-state index in [4.69, 9.17) is 11.6 Å². The van der Waals surface area contributed by atoms with Crippen molar-refractivity contribution in [1.29, 1.82) is 0 Å². The second-order valence-electron chi connectivity index (χ2n) is 8.46. The summed E-state index contributed by atoms with van der Waals surface area (Å²) in [5.74, 6) is -4.94. The number of amides is 4. The van der Waals surface area contributed by atoms with Gasteiger partial charge in [0, 0.05) is 42.2 Å². The molecule has 0 bridgehead atoms.